The standard InChI is InChI=1S/C11H10F5NO/c12-6-7(13)9(15)11(10(16)8(6)14)17-3-5(18)4-1-2-4/h4-5,17-18H,1-3H2. The van der Waals surface area contributed by atoms with E-state index in [-0.39, 0.29) is 12.5 Å². The smallest absolute Gasteiger partial charge is 0.200 e. The zero-order valence-electron chi connectivity index (χ0n) is 9.11. The van der Waals surface area contributed by atoms with E-state index in [1.165, 1.54) is 0 Å². The Morgan fingerprint density at radius 3 is 1.83 bits per heavy atom. The van der Waals surface area contributed by atoms with Gasteiger partial charge in [-0.15, -0.1) is 0 Å². The van der Waals surface area contributed by atoms with Crippen molar-refractivity contribution in [2.75, 3.05) is 11.9 Å². The van der Waals surface area contributed by atoms with Gasteiger partial charge in [-0.05, 0) is 18.8 Å². The first kappa shape index (κ1) is 13.1. The minimum Gasteiger partial charge on any atom is -0.391 e. The molecule has 0 aliphatic heterocycles. The van der Waals surface area contributed by atoms with Crippen LogP contribution in [0.5, 0.6) is 0 Å². The van der Waals surface area contributed by atoms with Gasteiger partial charge in [0.15, 0.2) is 23.3 Å². The van der Waals surface area contributed by atoms with Crippen LogP contribution >= 0.6 is 0 Å². The number of anilines is 1. The molecule has 1 atom stereocenters. The van der Waals surface area contributed by atoms with E-state index < -0.39 is 40.9 Å². The van der Waals surface area contributed by atoms with Crippen molar-refractivity contribution in [3.8, 4) is 0 Å². The van der Waals surface area contributed by atoms with Gasteiger partial charge in [0, 0.05) is 6.54 Å². The van der Waals surface area contributed by atoms with Crippen molar-refractivity contribution in [3.05, 3.63) is 29.1 Å². The summed E-state index contributed by atoms with van der Waals surface area (Å²) in [5.74, 6) is -10.0. The van der Waals surface area contributed by atoms with Crippen molar-refractivity contribution in [2.45, 2.75) is 18.9 Å². The van der Waals surface area contributed by atoms with E-state index in [0.29, 0.717) is 0 Å². The maximum absolute atomic E-state index is 13.2. The highest BCUT2D eigenvalue weighted by molar-refractivity contribution is 5.47. The van der Waals surface area contributed by atoms with Crippen LogP contribution in [0, 0.1) is 35.0 Å². The molecule has 1 aromatic rings. The lowest BCUT2D eigenvalue weighted by atomic mass is 10.2. The Balaban J connectivity index is 2.21. The summed E-state index contributed by atoms with van der Waals surface area (Å²) < 4.78 is 64.8. The highest BCUT2D eigenvalue weighted by Gasteiger charge is 2.31. The van der Waals surface area contributed by atoms with Gasteiger partial charge >= 0.3 is 0 Å². The van der Waals surface area contributed by atoms with Crippen LogP contribution < -0.4 is 5.32 Å². The van der Waals surface area contributed by atoms with Crippen molar-refractivity contribution < 1.29 is 27.1 Å². The fourth-order valence-corrected chi connectivity index (χ4v) is 1.61. The van der Waals surface area contributed by atoms with Crippen LogP contribution in [0.25, 0.3) is 0 Å². The summed E-state index contributed by atoms with van der Waals surface area (Å²) in [5, 5.41) is 11.5. The fourth-order valence-electron chi connectivity index (χ4n) is 1.61. The molecule has 1 saturated carbocycles. The molecule has 0 spiro atoms. The van der Waals surface area contributed by atoms with Crippen molar-refractivity contribution in [3.63, 3.8) is 0 Å². The van der Waals surface area contributed by atoms with Crippen LogP contribution in [-0.2, 0) is 0 Å². The van der Waals surface area contributed by atoms with E-state index in [0.717, 1.165) is 12.8 Å². The van der Waals surface area contributed by atoms with Crippen molar-refractivity contribution >= 4 is 5.69 Å². The Morgan fingerprint density at radius 2 is 1.39 bits per heavy atom. The topological polar surface area (TPSA) is 32.3 Å². The van der Waals surface area contributed by atoms with Crippen molar-refractivity contribution in [1.82, 2.24) is 0 Å². The molecule has 2 N–H and O–H groups in total. The maximum atomic E-state index is 13.2. The third-order valence-corrected chi connectivity index (χ3v) is 2.86. The number of hydrogen-bond acceptors (Lipinski definition) is 2. The summed E-state index contributed by atoms with van der Waals surface area (Å²) in [7, 11) is 0. The molecule has 0 saturated heterocycles. The van der Waals surface area contributed by atoms with E-state index in [2.05, 4.69) is 5.32 Å². The van der Waals surface area contributed by atoms with E-state index in [4.69, 9.17) is 0 Å². The van der Waals surface area contributed by atoms with Crippen LogP contribution in [0.2, 0.25) is 0 Å². The van der Waals surface area contributed by atoms with E-state index in [1.54, 1.807) is 0 Å². The average molecular weight is 267 g/mol. The maximum Gasteiger partial charge on any atom is 0.200 e. The third-order valence-electron chi connectivity index (χ3n) is 2.86. The van der Waals surface area contributed by atoms with Gasteiger partial charge < -0.3 is 10.4 Å². The average Bonchev–Trinajstić information content (AvgIpc) is 3.18. The van der Waals surface area contributed by atoms with Crippen LogP contribution in [-0.4, -0.2) is 17.8 Å². The van der Waals surface area contributed by atoms with E-state index in [9.17, 15) is 27.1 Å². The van der Waals surface area contributed by atoms with Crippen LogP contribution in [0.15, 0.2) is 0 Å². The first-order valence-electron chi connectivity index (χ1n) is 5.36. The second-order valence-corrected chi connectivity index (χ2v) is 4.23. The second-order valence-electron chi connectivity index (χ2n) is 4.23. The number of aliphatic hydroxyl groups excluding tert-OH is 1. The van der Waals surface area contributed by atoms with Gasteiger partial charge in [-0.2, -0.15) is 0 Å². The SMILES string of the molecule is OC(CNc1c(F)c(F)c(F)c(F)c1F)C1CC1. The fraction of sp³-hybridized carbons (Fsp3) is 0.455. The van der Waals surface area contributed by atoms with Gasteiger partial charge in [-0.1, -0.05) is 0 Å². The summed E-state index contributed by atoms with van der Waals surface area (Å²) in [6.07, 6.45) is 0.722. The van der Waals surface area contributed by atoms with Crippen LogP contribution in [0.4, 0.5) is 27.6 Å². The molecule has 0 amide bonds. The lowest BCUT2D eigenvalue weighted by Crippen LogP contribution is -2.23. The number of halogens is 5. The number of aliphatic hydroxyl groups is 1. The molecule has 1 aliphatic carbocycles. The van der Waals surface area contributed by atoms with E-state index in [1.807, 2.05) is 0 Å². The summed E-state index contributed by atoms with van der Waals surface area (Å²) in [6.45, 7) is -0.261. The highest BCUT2D eigenvalue weighted by atomic mass is 19.2. The quantitative estimate of drug-likeness (QED) is 0.499. The number of hydrogen-bond donors (Lipinski definition) is 2. The molecule has 0 bridgehead atoms. The monoisotopic (exact) mass is 267 g/mol. The molecule has 18 heavy (non-hydrogen) atoms. The minimum absolute atomic E-state index is 0.0266. The van der Waals surface area contributed by atoms with Crippen LogP contribution in [0.3, 0.4) is 0 Å². The molecule has 1 fully saturated rings. The highest BCUT2D eigenvalue weighted by Crippen LogP contribution is 2.33. The Morgan fingerprint density at radius 1 is 0.944 bits per heavy atom. The summed E-state index contributed by atoms with van der Waals surface area (Å²) in [5.41, 5.74) is -1.11. The molecule has 7 heteroatoms. The molecule has 0 heterocycles. The Hall–Kier alpha value is -1.37. The molecule has 0 radical (unpaired) electrons. The number of nitrogens with one attached hydrogen (secondary N) is 1. The summed E-state index contributed by atoms with van der Waals surface area (Å²) in [4.78, 5) is 0. The predicted octanol–water partition coefficient (Wildman–Crippen LogP) is 2.56. The Kier molecular flexibility index (Phi) is 3.43. The molecular weight excluding hydrogens is 257 g/mol. The predicted molar refractivity (Wildman–Crippen MR) is 53.5 cm³/mol. The van der Waals surface area contributed by atoms with Gasteiger partial charge in [0.25, 0.3) is 0 Å². The van der Waals surface area contributed by atoms with Crippen molar-refractivity contribution in [1.29, 1.82) is 0 Å². The van der Waals surface area contributed by atoms with Gasteiger partial charge in [-0.25, -0.2) is 22.0 Å². The Labute approximate surface area is 99.4 Å². The number of benzene rings is 1. The molecule has 2 rings (SSSR count). The largest absolute Gasteiger partial charge is 0.391 e. The molecule has 1 aliphatic rings. The van der Waals surface area contributed by atoms with Crippen LogP contribution in [0.1, 0.15) is 12.8 Å². The molecule has 0 aromatic heterocycles. The lowest BCUT2D eigenvalue weighted by Gasteiger charge is -2.14. The molecule has 1 unspecified atom stereocenters. The van der Waals surface area contributed by atoms with Gasteiger partial charge in [0.1, 0.15) is 5.69 Å². The molecule has 1 aromatic carbocycles. The molecule has 2 nitrogen and oxygen atoms in total. The zero-order chi connectivity index (χ0) is 13.4. The first-order valence-corrected chi connectivity index (χ1v) is 5.36. The lowest BCUT2D eigenvalue weighted by molar-refractivity contribution is 0.164. The van der Waals surface area contributed by atoms with Crippen molar-refractivity contribution in [2.24, 2.45) is 5.92 Å². The molecular formula is C11H10F5NO. The van der Waals surface area contributed by atoms with Gasteiger partial charge in [-0.3, -0.25) is 0 Å². The first-order chi connectivity index (χ1) is 8.43. The minimum atomic E-state index is -2.20. The Bertz CT molecular complexity index is 446. The second kappa shape index (κ2) is 4.72. The third kappa shape index (κ3) is 2.27. The molecule has 100 valence electrons. The summed E-state index contributed by atoms with van der Waals surface area (Å²) >= 11 is 0. The normalized spacial score (nSPS) is 16.8. The van der Waals surface area contributed by atoms with Gasteiger partial charge in [0.2, 0.25) is 5.82 Å². The number of rotatable bonds is 4. The zero-order valence-corrected chi connectivity index (χ0v) is 9.11. The summed E-state index contributed by atoms with van der Waals surface area (Å²) in [6, 6.07) is 0. The van der Waals surface area contributed by atoms with E-state index >= 15 is 0 Å². The van der Waals surface area contributed by atoms with Gasteiger partial charge in [0.05, 0.1) is 6.10 Å².